The molecule has 1 aromatic rings. The number of thioether (sulfide) groups is 1. The van der Waals surface area contributed by atoms with E-state index in [1.807, 2.05) is 24.3 Å². The highest BCUT2D eigenvalue weighted by Gasteiger charge is 2.26. The topological polar surface area (TPSA) is 58.6 Å². The van der Waals surface area contributed by atoms with Crippen LogP contribution in [-0.4, -0.2) is 30.7 Å². The lowest BCUT2D eigenvalue weighted by Gasteiger charge is -2.28. The predicted molar refractivity (Wildman–Crippen MR) is 69.3 cm³/mol. The van der Waals surface area contributed by atoms with Crippen LogP contribution in [0.25, 0.3) is 0 Å². The van der Waals surface area contributed by atoms with Gasteiger partial charge in [-0.2, -0.15) is 0 Å². The van der Waals surface area contributed by atoms with E-state index >= 15 is 0 Å². The molecule has 2 amide bonds. The van der Waals surface area contributed by atoms with Crippen LogP contribution < -0.4 is 10.4 Å². The van der Waals surface area contributed by atoms with Crippen molar-refractivity contribution in [1.82, 2.24) is 5.48 Å². The van der Waals surface area contributed by atoms with Crippen LogP contribution in [0.5, 0.6) is 0 Å². The number of nitrogens with zero attached hydrogens (tertiary/aromatic N) is 1. The first-order chi connectivity index (χ1) is 8.72. The molecule has 2 rings (SSSR count). The first kappa shape index (κ1) is 12.9. The van der Waals surface area contributed by atoms with Crippen LogP contribution >= 0.6 is 11.8 Å². The zero-order valence-electron chi connectivity index (χ0n) is 10.0. The summed E-state index contributed by atoms with van der Waals surface area (Å²) < 4.78 is 0. The van der Waals surface area contributed by atoms with Gasteiger partial charge >= 0.3 is 0 Å². The molecule has 5 nitrogen and oxygen atoms in total. The Balaban J connectivity index is 2.12. The molecule has 0 radical (unpaired) electrons. The average Bonchev–Trinajstić information content (AvgIpc) is 2.40. The maximum atomic E-state index is 11.9. The van der Waals surface area contributed by atoms with Gasteiger partial charge in [-0.1, -0.05) is 12.1 Å². The Kier molecular flexibility index (Phi) is 4.22. The lowest BCUT2D eigenvalue weighted by Crippen LogP contribution is -2.43. The van der Waals surface area contributed by atoms with Crippen LogP contribution in [0.15, 0.2) is 29.2 Å². The molecule has 0 saturated carbocycles. The highest BCUT2D eigenvalue weighted by molar-refractivity contribution is 8.00. The number of carbonyl (C=O) groups excluding carboxylic acids is 2. The molecule has 6 heteroatoms. The Labute approximate surface area is 109 Å². The molecule has 0 saturated heterocycles. The fraction of sp³-hybridized carbons (Fsp3) is 0.333. The normalized spacial score (nSPS) is 14.3. The standard InChI is InChI=1S/C12H14N2O3S/c1-2-17-13-11(15)7-14-9-5-3-4-6-10(9)18-8-12(14)16/h3-6H,2,7-8H2,1H3,(H,13,15). The van der Waals surface area contributed by atoms with E-state index in [2.05, 4.69) is 5.48 Å². The Hall–Kier alpha value is -1.53. The Morgan fingerprint density at radius 3 is 3.06 bits per heavy atom. The number of hydrogen-bond acceptors (Lipinski definition) is 4. The minimum absolute atomic E-state index is 0.0175. The second kappa shape index (κ2) is 5.88. The summed E-state index contributed by atoms with van der Waals surface area (Å²) in [6, 6.07) is 7.55. The van der Waals surface area contributed by atoms with E-state index in [9.17, 15) is 9.59 Å². The zero-order valence-corrected chi connectivity index (χ0v) is 10.8. The molecule has 0 atom stereocenters. The van der Waals surface area contributed by atoms with Gasteiger partial charge in [-0.25, -0.2) is 5.48 Å². The monoisotopic (exact) mass is 266 g/mol. The van der Waals surface area contributed by atoms with Crippen LogP contribution in [-0.2, 0) is 14.4 Å². The summed E-state index contributed by atoms with van der Waals surface area (Å²) in [6.07, 6.45) is 0. The Morgan fingerprint density at radius 2 is 2.28 bits per heavy atom. The van der Waals surface area contributed by atoms with E-state index in [4.69, 9.17) is 4.84 Å². The smallest absolute Gasteiger partial charge is 0.263 e. The molecule has 0 bridgehead atoms. The number of carbonyl (C=O) groups is 2. The minimum atomic E-state index is -0.327. The van der Waals surface area contributed by atoms with Gasteiger partial charge in [0.25, 0.3) is 5.91 Å². The van der Waals surface area contributed by atoms with Gasteiger partial charge in [0.1, 0.15) is 6.54 Å². The SMILES string of the molecule is CCONC(=O)CN1C(=O)CSc2ccccc21. The molecule has 96 valence electrons. The molecular formula is C12H14N2O3S. The van der Waals surface area contributed by atoms with E-state index in [1.165, 1.54) is 16.7 Å². The number of hydroxylamine groups is 1. The van der Waals surface area contributed by atoms with Crippen molar-refractivity contribution in [1.29, 1.82) is 0 Å². The van der Waals surface area contributed by atoms with Gasteiger partial charge in [-0.05, 0) is 19.1 Å². The van der Waals surface area contributed by atoms with Gasteiger partial charge in [0.05, 0.1) is 18.0 Å². The molecule has 1 aliphatic rings. The Bertz CT molecular complexity index is 464. The van der Waals surface area contributed by atoms with Gasteiger partial charge < -0.3 is 4.90 Å². The molecule has 18 heavy (non-hydrogen) atoms. The fourth-order valence-electron chi connectivity index (χ4n) is 1.66. The van der Waals surface area contributed by atoms with Crippen LogP contribution in [0, 0.1) is 0 Å². The maximum absolute atomic E-state index is 11.9. The molecule has 1 aliphatic heterocycles. The van der Waals surface area contributed by atoms with Crippen molar-refractivity contribution in [2.75, 3.05) is 23.8 Å². The minimum Gasteiger partial charge on any atom is -0.301 e. The maximum Gasteiger partial charge on any atom is 0.263 e. The number of nitrogens with one attached hydrogen (secondary N) is 1. The van der Waals surface area contributed by atoms with E-state index in [0.29, 0.717) is 12.4 Å². The number of amides is 2. The van der Waals surface area contributed by atoms with E-state index in [-0.39, 0.29) is 18.4 Å². The first-order valence-electron chi connectivity index (χ1n) is 5.65. The van der Waals surface area contributed by atoms with Crippen molar-refractivity contribution in [3.63, 3.8) is 0 Å². The lowest BCUT2D eigenvalue weighted by molar-refractivity contribution is -0.132. The van der Waals surface area contributed by atoms with E-state index in [1.54, 1.807) is 6.92 Å². The van der Waals surface area contributed by atoms with E-state index < -0.39 is 0 Å². The van der Waals surface area contributed by atoms with Crippen molar-refractivity contribution < 1.29 is 14.4 Å². The summed E-state index contributed by atoms with van der Waals surface area (Å²) in [7, 11) is 0. The summed E-state index contributed by atoms with van der Waals surface area (Å²) in [6.45, 7) is 2.15. The molecule has 1 aromatic carbocycles. The summed E-state index contributed by atoms with van der Waals surface area (Å²) in [5.41, 5.74) is 3.07. The molecule has 0 spiro atoms. The predicted octanol–water partition coefficient (Wildman–Crippen LogP) is 1.19. The summed E-state index contributed by atoms with van der Waals surface area (Å²) in [5.74, 6) is -0.0314. The van der Waals surface area contributed by atoms with Crippen LogP contribution in [0.3, 0.4) is 0 Å². The second-order valence-electron chi connectivity index (χ2n) is 3.69. The molecule has 0 aliphatic carbocycles. The van der Waals surface area contributed by atoms with Crippen molar-refractivity contribution in [3.05, 3.63) is 24.3 Å². The summed E-state index contributed by atoms with van der Waals surface area (Å²) in [5, 5.41) is 0. The number of hydrogen-bond donors (Lipinski definition) is 1. The van der Waals surface area contributed by atoms with Gasteiger partial charge in [0, 0.05) is 4.90 Å². The third-order valence-electron chi connectivity index (χ3n) is 2.44. The number of para-hydroxylation sites is 1. The molecule has 0 unspecified atom stereocenters. The highest BCUT2D eigenvalue weighted by Crippen LogP contribution is 2.34. The number of benzene rings is 1. The van der Waals surface area contributed by atoms with Gasteiger partial charge in [-0.15, -0.1) is 11.8 Å². The van der Waals surface area contributed by atoms with Crippen molar-refractivity contribution >= 4 is 29.3 Å². The quantitative estimate of drug-likeness (QED) is 0.832. The summed E-state index contributed by atoms with van der Waals surface area (Å²) in [4.78, 5) is 30.8. The molecule has 0 aromatic heterocycles. The first-order valence-corrected chi connectivity index (χ1v) is 6.63. The van der Waals surface area contributed by atoms with Gasteiger partial charge in [0.2, 0.25) is 5.91 Å². The van der Waals surface area contributed by atoms with Crippen molar-refractivity contribution in [3.8, 4) is 0 Å². The number of rotatable bonds is 4. The third-order valence-corrected chi connectivity index (χ3v) is 3.49. The van der Waals surface area contributed by atoms with Crippen LogP contribution in [0.2, 0.25) is 0 Å². The largest absolute Gasteiger partial charge is 0.301 e. The summed E-state index contributed by atoms with van der Waals surface area (Å²) >= 11 is 1.49. The van der Waals surface area contributed by atoms with Gasteiger partial charge in [0.15, 0.2) is 0 Å². The zero-order chi connectivity index (χ0) is 13.0. The average molecular weight is 266 g/mol. The Morgan fingerprint density at radius 1 is 1.50 bits per heavy atom. The van der Waals surface area contributed by atoms with Gasteiger partial charge in [-0.3, -0.25) is 14.4 Å². The third kappa shape index (κ3) is 2.83. The molecule has 1 heterocycles. The second-order valence-corrected chi connectivity index (χ2v) is 4.71. The van der Waals surface area contributed by atoms with Crippen molar-refractivity contribution in [2.45, 2.75) is 11.8 Å². The fourth-order valence-corrected chi connectivity index (χ4v) is 2.59. The van der Waals surface area contributed by atoms with E-state index in [0.717, 1.165) is 10.6 Å². The molecule has 1 N–H and O–H groups in total. The molecule has 0 fully saturated rings. The molecular weight excluding hydrogens is 252 g/mol. The van der Waals surface area contributed by atoms with Crippen molar-refractivity contribution in [2.24, 2.45) is 0 Å². The van der Waals surface area contributed by atoms with Crippen LogP contribution in [0.4, 0.5) is 5.69 Å². The lowest BCUT2D eigenvalue weighted by atomic mass is 10.2. The van der Waals surface area contributed by atoms with Crippen LogP contribution in [0.1, 0.15) is 6.92 Å². The number of anilines is 1. The number of fused-ring (bicyclic) bond motifs is 1. The highest BCUT2D eigenvalue weighted by atomic mass is 32.2.